The molecule has 0 bridgehead atoms. The van der Waals surface area contributed by atoms with E-state index in [4.69, 9.17) is 27.9 Å². The second kappa shape index (κ2) is 11.0. The fourth-order valence-electron chi connectivity index (χ4n) is 3.42. The van der Waals surface area contributed by atoms with Crippen molar-refractivity contribution < 1.29 is 17.9 Å². The van der Waals surface area contributed by atoms with Crippen molar-refractivity contribution in [2.45, 2.75) is 17.7 Å². The van der Waals surface area contributed by atoms with Gasteiger partial charge in [0, 0.05) is 12.8 Å². The van der Waals surface area contributed by atoms with Crippen molar-refractivity contribution in [1.29, 1.82) is 0 Å². The van der Waals surface area contributed by atoms with E-state index in [0.29, 0.717) is 16.5 Å². The number of ether oxygens (including phenoxy) is 1. The molecule has 0 aromatic heterocycles. The number of hydrogen-bond donors (Lipinski definition) is 1. The van der Waals surface area contributed by atoms with Crippen molar-refractivity contribution in [3.8, 4) is 11.5 Å². The van der Waals surface area contributed by atoms with Gasteiger partial charge in [-0.05, 0) is 65.7 Å². The van der Waals surface area contributed by atoms with E-state index in [0.717, 1.165) is 16.9 Å². The molecular formula is C27H21Cl2NO4S. The predicted molar refractivity (Wildman–Crippen MR) is 139 cm³/mol. The summed E-state index contributed by atoms with van der Waals surface area (Å²) >= 11 is 11.8. The number of nitrogens with one attached hydrogen (secondary N) is 1. The largest absolute Gasteiger partial charge is 0.457 e. The Hall–Kier alpha value is -3.32. The molecule has 4 aromatic carbocycles. The molecule has 0 atom stereocenters. The first-order chi connectivity index (χ1) is 16.8. The molecule has 0 amide bonds. The minimum atomic E-state index is -3.82. The maximum absolute atomic E-state index is 12.7. The van der Waals surface area contributed by atoms with Gasteiger partial charge in [-0.15, -0.1) is 0 Å². The number of Topliss-reactive ketones (excluding diaryl/α,β-unsaturated/α-hetero) is 1. The highest BCUT2D eigenvalue weighted by atomic mass is 35.5. The molecule has 178 valence electrons. The van der Waals surface area contributed by atoms with Gasteiger partial charge in [-0.1, -0.05) is 65.7 Å². The lowest BCUT2D eigenvalue weighted by molar-refractivity contribution is -0.117. The average Bonchev–Trinajstić information content (AvgIpc) is 2.82. The molecule has 0 radical (unpaired) electrons. The number of carbonyl (C=O) groups is 1. The first-order valence-electron chi connectivity index (χ1n) is 10.7. The Morgan fingerprint density at radius 1 is 0.714 bits per heavy atom. The summed E-state index contributed by atoms with van der Waals surface area (Å²) in [6.45, 7) is 0. The number of sulfonamides is 1. The minimum absolute atomic E-state index is 0.00593. The number of benzene rings is 4. The van der Waals surface area contributed by atoms with Crippen LogP contribution in [-0.4, -0.2) is 14.2 Å². The van der Waals surface area contributed by atoms with Crippen LogP contribution in [0.1, 0.15) is 11.1 Å². The molecule has 0 saturated carbocycles. The Morgan fingerprint density at radius 2 is 1.40 bits per heavy atom. The number of ketones is 1. The summed E-state index contributed by atoms with van der Waals surface area (Å²) in [5.74, 6) is 1.39. The van der Waals surface area contributed by atoms with Gasteiger partial charge < -0.3 is 4.74 Å². The van der Waals surface area contributed by atoms with Crippen LogP contribution in [0.25, 0.3) is 0 Å². The van der Waals surface area contributed by atoms with E-state index in [9.17, 15) is 13.2 Å². The van der Waals surface area contributed by atoms with Gasteiger partial charge in [-0.2, -0.15) is 0 Å². The van der Waals surface area contributed by atoms with Crippen molar-refractivity contribution in [3.63, 3.8) is 0 Å². The second-order valence-electron chi connectivity index (χ2n) is 7.83. The van der Waals surface area contributed by atoms with E-state index in [1.165, 1.54) is 30.3 Å². The van der Waals surface area contributed by atoms with Gasteiger partial charge in [0.2, 0.25) is 0 Å². The number of hydrogen-bond acceptors (Lipinski definition) is 4. The van der Waals surface area contributed by atoms with E-state index < -0.39 is 10.0 Å². The number of rotatable bonds is 9. The Bertz CT molecular complexity index is 1440. The zero-order valence-electron chi connectivity index (χ0n) is 18.4. The summed E-state index contributed by atoms with van der Waals surface area (Å²) in [7, 11) is -3.82. The summed E-state index contributed by atoms with van der Waals surface area (Å²) in [4.78, 5) is 12.7. The zero-order chi connectivity index (χ0) is 24.8. The molecule has 0 aliphatic heterocycles. The third-order valence-electron chi connectivity index (χ3n) is 5.09. The molecule has 0 heterocycles. The summed E-state index contributed by atoms with van der Waals surface area (Å²) in [6.07, 6.45) is 0.426. The van der Waals surface area contributed by atoms with Gasteiger partial charge in [0.25, 0.3) is 10.0 Å². The van der Waals surface area contributed by atoms with Crippen LogP contribution >= 0.6 is 23.2 Å². The van der Waals surface area contributed by atoms with E-state index in [-0.39, 0.29) is 28.5 Å². The van der Waals surface area contributed by atoms with E-state index in [1.54, 1.807) is 12.1 Å². The normalized spacial score (nSPS) is 11.1. The van der Waals surface area contributed by atoms with Crippen LogP contribution in [0.5, 0.6) is 11.5 Å². The lowest BCUT2D eigenvalue weighted by Crippen LogP contribution is -2.13. The van der Waals surface area contributed by atoms with Gasteiger partial charge in [0.1, 0.15) is 17.3 Å². The van der Waals surface area contributed by atoms with Crippen molar-refractivity contribution in [3.05, 3.63) is 118 Å². The van der Waals surface area contributed by atoms with E-state index >= 15 is 0 Å². The summed E-state index contributed by atoms with van der Waals surface area (Å²) < 4.78 is 33.6. The first-order valence-corrected chi connectivity index (χ1v) is 12.9. The highest BCUT2D eigenvalue weighted by Gasteiger charge is 2.15. The van der Waals surface area contributed by atoms with Crippen LogP contribution in [-0.2, 0) is 27.7 Å². The van der Waals surface area contributed by atoms with Gasteiger partial charge >= 0.3 is 0 Å². The number of anilines is 1. The molecule has 0 aliphatic rings. The molecular weight excluding hydrogens is 505 g/mol. The first kappa shape index (κ1) is 24.8. The van der Waals surface area contributed by atoms with Crippen LogP contribution in [0.2, 0.25) is 10.0 Å². The van der Waals surface area contributed by atoms with Crippen molar-refractivity contribution in [2.75, 3.05) is 4.72 Å². The lowest BCUT2D eigenvalue weighted by atomic mass is 10.0. The number of carbonyl (C=O) groups excluding carboxylic acids is 1. The maximum Gasteiger partial charge on any atom is 0.261 e. The molecule has 0 aliphatic carbocycles. The quantitative estimate of drug-likeness (QED) is 0.257. The number of halogens is 2. The van der Waals surface area contributed by atoms with Crippen LogP contribution in [0.15, 0.2) is 102 Å². The van der Waals surface area contributed by atoms with Crippen LogP contribution in [0.4, 0.5) is 5.69 Å². The van der Waals surface area contributed by atoms with Gasteiger partial charge in [-0.25, -0.2) is 8.42 Å². The average molecular weight is 526 g/mol. The highest BCUT2D eigenvalue weighted by molar-refractivity contribution is 7.92. The molecule has 0 saturated heterocycles. The summed E-state index contributed by atoms with van der Waals surface area (Å²) in [5, 5.41) is 0.581. The minimum Gasteiger partial charge on any atom is -0.457 e. The standard InChI is InChI=1S/C27H21Cl2NO4S/c28-26-14-11-21(18-27(26)29)30-35(32,33)25-12-9-19(10-13-25)15-22(31)16-20-5-4-8-24(17-20)34-23-6-2-1-3-7-23/h1-14,17-18,30H,15-16H2. The fraction of sp³-hybridized carbons (Fsp3) is 0.0741. The Labute approximate surface area is 214 Å². The molecule has 0 spiro atoms. The maximum atomic E-state index is 12.7. The topological polar surface area (TPSA) is 72.5 Å². The molecule has 4 rings (SSSR count). The van der Waals surface area contributed by atoms with Crippen LogP contribution in [0.3, 0.4) is 0 Å². The highest BCUT2D eigenvalue weighted by Crippen LogP contribution is 2.27. The van der Waals surface area contributed by atoms with E-state index in [2.05, 4.69) is 4.72 Å². The molecule has 35 heavy (non-hydrogen) atoms. The second-order valence-corrected chi connectivity index (χ2v) is 10.3. The molecule has 5 nitrogen and oxygen atoms in total. The molecule has 8 heteroatoms. The smallest absolute Gasteiger partial charge is 0.261 e. The summed E-state index contributed by atoms with van der Waals surface area (Å²) in [5.41, 5.74) is 1.87. The van der Waals surface area contributed by atoms with Gasteiger partial charge in [-0.3, -0.25) is 9.52 Å². The SMILES string of the molecule is O=C(Cc1ccc(S(=O)(=O)Nc2ccc(Cl)c(Cl)c2)cc1)Cc1cccc(Oc2ccccc2)c1. The van der Waals surface area contributed by atoms with Gasteiger partial charge in [0.15, 0.2) is 0 Å². The Morgan fingerprint density at radius 3 is 2.11 bits per heavy atom. The van der Waals surface area contributed by atoms with Crippen molar-refractivity contribution in [1.82, 2.24) is 0 Å². The molecule has 0 fully saturated rings. The monoisotopic (exact) mass is 525 g/mol. The number of para-hydroxylation sites is 1. The van der Waals surface area contributed by atoms with Crippen molar-refractivity contribution >= 4 is 44.7 Å². The molecule has 1 N–H and O–H groups in total. The molecule has 0 unspecified atom stereocenters. The van der Waals surface area contributed by atoms with Crippen LogP contribution in [0, 0.1) is 0 Å². The Balaban J connectivity index is 1.37. The summed E-state index contributed by atoms with van der Waals surface area (Å²) in [6, 6.07) is 27.5. The zero-order valence-corrected chi connectivity index (χ0v) is 20.8. The van der Waals surface area contributed by atoms with Crippen molar-refractivity contribution in [2.24, 2.45) is 0 Å². The Kier molecular flexibility index (Phi) is 7.76. The third-order valence-corrected chi connectivity index (χ3v) is 7.22. The van der Waals surface area contributed by atoms with Crippen LogP contribution < -0.4 is 9.46 Å². The van der Waals surface area contributed by atoms with E-state index in [1.807, 2.05) is 54.6 Å². The third kappa shape index (κ3) is 6.85. The van der Waals surface area contributed by atoms with Gasteiger partial charge in [0.05, 0.1) is 20.6 Å². The molecule has 4 aromatic rings. The fourth-order valence-corrected chi connectivity index (χ4v) is 4.77. The predicted octanol–water partition coefficient (Wildman–Crippen LogP) is 6.94. The lowest BCUT2D eigenvalue weighted by Gasteiger charge is -2.10.